The first-order valence-corrected chi connectivity index (χ1v) is 8.32. The largest absolute Gasteiger partial charge is 0.378 e. The first kappa shape index (κ1) is 18.5. The number of nitrogens with zero attached hydrogens (tertiary/aromatic N) is 7. The molecule has 11 heteroatoms. The first-order chi connectivity index (χ1) is 13.0. The van der Waals surface area contributed by atoms with E-state index in [4.69, 9.17) is 4.74 Å². The summed E-state index contributed by atoms with van der Waals surface area (Å²) in [5.74, 6) is 1.39. The van der Waals surface area contributed by atoms with Crippen LogP contribution in [0.3, 0.4) is 0 Å². The van der Waals surface area contributed by atoms with Crippen molar-refractivity contribution >= 4 is 29.7 Å². The van der Waals surface area contributed by atoms with Gasteiger partial charge in [-0.15, -0.1) is 0 Å². The molecule has 3 rings (SSSR count). The Labute approximate surface area is 155 Å². The van der Waals surface area contributed by atoms with Crippen molar-refractivity contribution < 1.29 is 9.66 Å². The monoisotopic (exact) mass is 372 g/mol. The van der Waals surface area contributed by atoms with Gasteiger partial charge in [0.05, 0.1) is 24.4 Å². The van der Waals surface area contributed by atoms with Crippen molar-refractivity contribution in [2.75, 3.05) is 55.6 Å². The minimum Gasteiger partial charge on any atom is -0.378 e. The molecule has 0 atom stereocenters. The summed E-state index contributed by atoms with van der Waals surface area (Å²) in [6.07, 6.45) is 1.54. The Hall–Kier alpha value is -3.34. The van der Waals surface area contributed by atoms with Gasteiger partial charge in [-0.25, -0.2) is 5.43 Å². The molecule has 1 aromatic heterocycles. The van der Waals surface area contributed by atoms with E-state index in [1.54, 1.807) is 17.0 Å². The molecule has 0 unspecified atom stereocenters. The number of nitro groups is 1. The number of nitrogens with one attached hydrogen (secondary N) is 1. The summed E-state index contributed by atoms with van der Waals surface area (Å²) >= 11 is 0. The predicted molar refractivity (Wildman–Crippen MR) is 101 cm³/mol. The van der Waals surface area contributed by atoms with Gasteiger partial charge in [0.1, 0.15) is 0 Å². The topological polar surface area (TPSA) is 122 Å². The van der Waals surface area contributed by atoms with Gasteiger partial charge >= 0.3 is 0 Å². The number of morpholine rings is 1. The van der Waals surface area contributed by atoms with Crippen molar-refractivity contribution in [2.24, 2.45) is 5.10 Å². The zero-order valence-corrected chi connectivity index (χ0v) is 15.1. The minimum atomic E-state index is -0.445. The molecular weight excluding hydrogens is 352 g/mol. The third-order valence-corrected chi connectivity index (χ3v) is 3.79. The second kappa shape index (κ2) is 8.36. The molecule has 1 aliphatic heterocycles. The number of hydrazone groups is 1. The Morgan fingerprint density at radius 3 is 2.56 bits per heavy atom. The maximum atomic E-state index is 10.7. The standard InChI is InChI=1S/C16H20N8O3/c1-22(2)15-18-14(19-16(20-15)23-7-9-27-10-8-23)21-17-11-12-3-5-13(6-4-12)24(25)26/h3-6,11H,7-10H2,1-2H3,(H,18,19,20,21)/b17-11-. The molecule has 11 nitrogen and oxygen atoms in total. The molecule has 1 aliphatic rings. The average Bonchev–Trinajstić information content (AvgIpc) is 2.69. The van der Waals surface area contributed by atoms with E-state index in [1.807, 2.05) is 19.0 Å². The molecule has 1 fully saturated rings. The Balaban J connectivity index is 1.74. The molecule has 0 amide bonds. The maximum Gasteiger partial charge on any atom is 0.269 e. The predicted octanol–water partition coefficient (Wildman–Crippen LogP) is 1.13. The number of ether oxygens (including phenoxy) is 1. The lowest BCUT2D eigenvalue weighted by molar-refractivity contribution is -0.384. The van der Waals surface area contributed by atoms with E-state index < -0.39 is 4.92 Å². The van der Waals surface area contributed by atoms with E-state index in [0.29, 0.717) is 49.7 Å². The number of aromatic nitrogens is 3. The zero-order valence-electron chi connectivity index (χ0n) is 15.1. The highest BCUT2D eigenvalue weighted by Crippen LogP contribution is 2.16. The minimum absolute atomic E-state index is 0.0309. The van der Waals surface area contributed by atoms with Gasteiger partial charge in [0, 0.05) is 39.3 Å². The molecular formula is C16H20N8O3. The Kier molecular flexibility index (Phi) is 5.71. The van der Waals surface area contributed by atoms with Gasteiger partial charge in [0.15, 0.2) is 0 Å². The van der Waals surface area contributed by atoms with Crippen molar-refractivity contribution in [3.8, 4) is 0 Å². The third kappa shape index (κ3) is 4.85. The lowest BCUT2D eigenvalue weighted by Gasteiger charge is -2.27. The van der Waals surface area contributed by atoms with Gasteiger partial charge in [0.25, 0.3) is 5.69 Å². The van der Waals surface area contributed by atoms with Gasteiger partial charge in [-0.3, -0.25) is 10.1 Å². The fourth-order valence-corrected chi connectivity index (χ4v) is 2.36. The van der Waals surface area contributed by atoms with E-state index in [1.165, 1.54) is 18.3 Å². The first-order valence-electron chi connectivity index (χ1n) is 8.32. The smallest absolute Gasteiger partial charge is 0.269 e. The molecule has 0 spiro atoms. The van der Waals surface area contributed by atoms with Crippen molar-refractivity contribution in [1.82, 2.24) is 15.0 Å². The molecule has 2 aromatic rings. The fraction of sp³-hybridized carbons (Fsp3) is 0.375. The molecule has 2 heterocycles. The lowest BCUT2D eigenvalue weighted by Crippen LogP contribution is -2.37. The van der Waals surface area contributed by atoms with Gasteiger partial charge < -0.3 is 14.5 Å². The van der Waals surface area contributed by atoms with E-state index in [-0.39, 0.29) is 5.69 Å². The van der Waals surface area contributed by atoms with Crippen LogP contribution >= 0.6 is 0 Å². The van der Waals surface area contributed by atoms with E-state index in [2.05, 4.69) is 25.5 Å². The van der Waals surface area contributed by atoms with Crippen LogP contribution in [-0.2, 0) is 4.74 Å². The van der Waals surface area contributed by atoms with Crippen LogP contribution in [0.15, 0.2) is 29.4 Å². The maximum absolute atomic E-state index is 10.7. The number of non-ortho nitro benzene ring substituents is 1. The van der Waals surface area contributed by atoms with Crippen LogP contribution in [0.5, 0.6) is 0 Å². The number of anilines is 3. The molecule has 27 heavy (non-hydrogen) atoms. The average molecular weight is 372 g/mol. The van der Waals surface area contributed by atoms with Crippen LogP contribution in [0.25, 0.3) is 0 Å². The second-order valence-corrected chi connectivity index (χ2v) is 5.97. The summed E-state index contributed by atoms with van der Waals surface area (Å²) < 4.78 is 5.36. The van der Waals surface area contributed by atoms with Gasteiger partial charge in [-0.05, 0) is 17.7 Å². The van der Waals surface area contributed by atoms with Gasteiger partial charge in [-0.2, -0.15) is 20.1 Å². The summed E-state index contributed by atoms with van der Waals surface area (Å²) in [4.78, 5) is 27.3. The summed E-state index contributed by atoms with van der Waals surface area (Å²) in [7, 11) is 3.70. The molecule has 0 radical (unpaired) electrons. The normalized spacial score (nSPS) is 14.4. The SMILES string of the molecule is CN(C)c1nc(N/N=C\c2ccc([N+](=O)[O-])cc2)nc(N2CCOCC2)n1. The molecule has 0 bridgehead atoms. The summed E-state index contributed by atoms with van der Waals surface area (Å²) in [6, 6.07) is 6.07. The van der Waals surface area contributed by atoms with Crippen molar-refractivity contribution in [1.29, 1.82) is 0 Å². The third-order valence-electron chi connectivity index (χ3n) is 3.79. The van der Waals surface area contributed by atoms with E-state index in [9.17, 15) is 10.1 Å². The van der Waals surface area contributed by atoms with Crippen molar-refractivity contribution in [3.63, 3.8) is 0 Å². The Bertz CT molecular complexity index is 819. The molecule has 0 aliphatic carbocycles. The highest BCUT2D eigenvalue weighted by atomic mass is 16.6. The number of rotatable bonds is 6. The quantitative estimate of drug-likeness (QED) is 0.451. The van der Waals surface area contributed by atoms with Crippen LogP contribution in [0.1, 0.15) is 5.56 Å². The summed E-state index contributed by atoms with van der Waals surface area (Å²) in [6.45, 7) is 2.68. The molecule has 142 valence electrons. The summed E-state index contributed by atoms with van der Waals surface area (Å²) in [5, 5.41) is 14.8. The number of benzene rings is 1. The Morgan fingerprint density at radius 2 is 1.93 bits per heavy atom. The number of hydrogen-bond acceptors (Lipinski definition) is 10. The Morgan fingerprint density at radius 1 is 1.22 bits per heavy atom. The van der Waals surface area contributed by atoms with Crippen molar-refractivity contribution in [2.45, 2.75) is 0 Å². The van der Waals surface area contributed by atoms with Gasteiger partial charge in [-0.1, -0.05) is 0 Å². The fourth-order valence-electron chi connectivity index (χ4n) is 2.36. The van der Waals surface area contributed by atoms with Crippen LogP contribution < -0.4 is 15.2 Å². The van der Waals surface area contributed by atoms with Crippen LogP contribution in [0, 0.1) is 10.1 Å². The number of nitro benzene ring substituents is 1. The molecule has 0 saturated carbocycles. The lowest BCUT2D eigenvalue weighted by atomic mass is 10.2. The highest BCUT2D eigenvalue weighted by molar-refractivity contribution is 5.80. The number of hydrogen-bond donors (Lipinski definition) is 1. The highest BCUT2D eigenvalue weighted by Gasteiger charge is 2.17. The summed E-state index contributed by atoms with van der Waals surface area (Å²) in [5.41, 5.74) is 3.54. The van der Waals surface area contributed by atoms with Crippen LogP contribution in [-0.4, -0.2) is 66.5 Å². The van der Waals surface area contributed by atoms with Crippen LogP contribution in [0.4, 0.5) is 23.5 Å². The van der Waals surface area contributed by atoms with E-state index >= 15 is 0 Å². The molecule has 1 N–H and O–H groups in total. The second-order valence-electron chi connectivity index (χ2n) is 5.97. The van der Waals surface area contributed by atoms with Crippen molar-refractivity contribution in [3.05, 3.63) is 39.9 Å². The van der Waals surface area contributed by atoms with Crippen LogP contribution in [0.2, 0.25) is 0 Å². The molecule has 1 aromatic carbocycles. The van der Waals surface area contributed by atoms with Gasteiger partial charge in [0.2, 0.25) is 17.8 Å². The molecule has 1 saturated heterocycles. The zero-order chi connectivity index (χ0) is 19.2. The van der Waals surface area contributed by atoms with E-state index in [0.717, 1.165) is 0 Å².